The fourth-order valence-electron chi connectivity index (χ4n) is 1.19. The second-order valence-electron chi connectivity index (χ2n) is 3.49. The summed E-state index contributed by atoms with van der Waals surface area (Å²) in [6.07, 6.45) is 2.55. The Labute approximate surface area is 105 Å². The van der Waals surface area contributed by atoms with Gasteiger partial charge < -0.3 is 10.5 Å². The van der Waals surface area contributed by atoms with Gasteiger partial charge in [-0.05, 0) is 12.5 Å². The summed E-state index contributed by atoms with van der Waals surface area (Å²) in [6, 6.07) is 0.917. The standard InChI is InChI=1S/C10H16FN3O3S/c11-9-6-10(8-13-7-9)18(15,16)14-3-1-4-17-5-2-12/h6-8,14H,1-5,12H2. The smallest absolute Gasteiger partial charge is 0.242 e. The fourth-order valence-corrected chi connectivity index (χ4v) is 2.24. The third-order valence-electron chi connectivity index (χ3n) is 2.01. The molecule has 18 heavy (non-hydrogen) atoms. The average Bonchev–Trinajstić information content (AvgIpc) is 2.33. The number of nitrogens with two attached hydrogens (primary N) is 1. The van der Waals surface area contributed by atoms with Crippen LogP contribution in [-0.2, 0) is 14.8 Å². The summed E-state index contributed by atoms with van der Waals surface area (Å²) in [7, 11) is -3.71. The van der Waals surface area contributed by atoms with Gasteiger partial charge in [0.05, 0.1) is 12.8 Å². The number of sulfonamides is 1. The van der Waals surface area contributed by atoms with Crippen LogP contribution in [0.4, 0.5) is 4.39 Å². The van der Waals surface area contributed by atoms with Crippen LogP contribution in [0.2, 0.25) is 0 Å². The number of rotatable bonds is 8. The van der Waals surface area contributed by atoms with E-state index in [1.807, 2.05) is 0 Å². The van der Waals surface area contributed by atoms with E-state index in [0.717, 1.165) is 18.5 Å². The maximum Gasteiger partial charge on any atom is 0.242 e. The predicted octanol–water partition coefficient (Wildman–Crippen LogP) is -0.136. The Morgan fingerprint density at radius 3 is 2.83 bits per heavy atom. The molecule has 1 rings (SSSR count). The van der Waals surface area contributed by atoms with Gasteiger partial charge in [-0.15, -0.1) is 0 Å². The van der Waals surface area contributed by atoms with Gasteiger partial charge in [-0.25, -0.2) is 17.5 Å². The summed E-state index contributed by atoms with van der Waals surface area (Å²) >= 11 is 0. The predicted molar refractivity (Wildman–Crippen MR) is 63.9 cm³/mol. The molecule has 0 saturated heterocycles. The van der Waals surface area contributed by atoms with Crippen molar-refractivity contribution in [3.63, 3.8) is 0 Å². The van der Waals surface area contributed by atoms with Crippen molar-refractivity contribution in [1.82, 2.24) is 9.71 Å². The van der Waals surface area contributed by atoms with Crippen LogP contribution in [0.5, 0.6) is 0 Å². The van der Waals surface area contributed by atoms with E-state index in [1.165, 1.54) is 0 Å². The van der Waals surface area contributed by atoms with Crippen molar-refractivity contribution in [3.8, 4) is 0 Å². The lowest BCUT2D eigenvalue weighted by atomic mass is 10.5. The van der Waals surface area contributed by atoms with Crippen LogP contribution in [0.3, 0.4) is 0 Å². The fraction of sp³-hybridized carbons (Fsp3) is 0.500. The highest BCUT2D eigenvalue weighted by Crippen LogP contribution is 2.07. The lowest BCUT2D eigenvalue weighted by Crippen LogP contribution is -2.26. The maximum atomic E-state index is 12.8. The van der Waals surface area contributed by atoms with Crippen molar-refractivity contribution in [3.05, 3.63) is 24.3 Å². The summed E-state index contributed by atoms with van der Waals surface area (Å²) in [5, 5.41) is 0. The highest BCUT2D eigenvalue weighted by molar-refractivity contribution is 7.89. The Bertz CT molecular complexity index is 467. The minimum atomic E-state index is -3.71. The first kappa shape index (κ1) is 15.0. The first-order valence-electron chi connectivity index (χ1n) is 5.44. The zero-order chi connectivity index (χ0) is 13.4. The maximum absolute atomic E-state index is 12.8. The van der Waals surface area contributed by atoms with Gasteiger partial charge in [0.15, 0.2) is 0 Å². The summed E-state index contributed by atoms with van der Waals surface area (Å²) in [6.45, 7) is 1.51. The molecule has 0 aromatic carbocycles. The Balaban J connectivity index is 2.41. The molecule has 0 spiro atoms. The molecular weight excluding hydrogens is 261 g/mol. The van der Waals surface area contributed by atoms with Gasteiger partial charge in [0.2, 0.25) is 10.0 Å². The number of halogens is 1. The topological polar surface area (TPSA) is 94.3 Å². The molecule has 0 aliphatic carbocycles. The number of hydrogen-bond acceptors (Lipinski definition) is 5. The third kappa shape index (κ3) is 5.05. The summed E-state index contributed by atoms with van der Waals surface area (Å²) in [5.41, 5.74) is 5.22. The molecule has 0 amide bonds. The number of aromatic nitrogens is 1. The van der Waals surface area contributed by atoms with E-state index in [0.29, 0.717) is 26.2 Å². The number of nitrogens with zero attached hydrogens (tertiary/aromatic N) is 1. The van der Waals surface area contributed by atoms with E-state index in [9.17, 15) is 12.8 Å². The monoisotopic (exact) mass is 277 g/mol. The SMILES string of the molecule is NCCOCCCNS(=O)(=O)c1cncc(F)c1. The first-order chi connectivity index (χ1) is 8.56. The minimum Gasteiger partial charge on any atom is -0.380 e. The van der Waals surface area contributed by atoms with Crippen molar-refractivity contribution in [2.75, 3.05) is 26.3 Å². The van der Waals surface area contributed by atoms with Crippen molar-refractivity contribution in [2.45, 2.75) is 11.3 Å². The first-order valence-corrected chi connectivity index (χ1v) is 6.92. The lowest BCUT2D eigenvalue weighted by Gasteiger charge is -2.06. The minimum absolute atomic E-state index is 0.189. The van der Waals surface area contributed by atoms with Gasteiger partial charge >= 0.3 is 0 Å². The molecular formula is C10H16FN3O3S. The van der Waals surface area contributed by atoms with E-state index in [2.05, 4.69) is 9.71 Å². The summed E-state index contributed by atoms with van der Waals surface area (Å²) in [5.74, 6) is -0.691. The number of hydrogen-bond donors (Lipinski definition) is 2. The largest absolute Gasteiger partial charge is 0.380 e. The van der Waals surface area contributed by atoms with Crippen molar-refractivity contribution in [2.24, 2.45) is 5.73 Å². The Morgan fingerprint density at radius 2 is 2.17 bits per heavy atom. The van der Waals surface area contributed by atoms with Gasteiger partial charge in [0, 0.05) is 25.9 Å². The van der Waals surface area contributed by atoms with Crippen LogP contribution in [0.25, 0.3) is 0 Å². The lowest BCUT2D eigenvalue weighted by molar-refractivity contribution is 0.140. The van der Waals surface area contributed by atoms with Gasteiger partial charge in [0.25, 0.3) is 0 Å². The molecule has 1 heterocycles. The normalized spacial score (nSPS) is 11.7. The summed E-state index contributed by atoms with van der Waals surface area (Å²) < 4.78 is 43.7. The number of pyridine rings is 1. The van der Waals surface area contributed by atoms with Crippen molar-refractivity contribution >= 4 is 10.0 Å². The van der Waals surface area contributed by atoms with E-state index < -0.39 is 15.8 Å². The Morgan fingerprint density at radius 1 is 1.39 bits per heavy atom. The van der Waals surface area contributed by atoms with Crippen molar-refractivity contribution in [1.29, 1.82) is 0 Å². The highest BCUT2D eigenvalue weighted by atomic mass is 32.2. The van der Waals surface area contributed by atoms with Gasteiger partial charge in [-0.1, -0.05) is 0 Å². The Kier molecular flexibility index (Phi) is 6.13. The van der Waals surface area contributed by atoms with Crippen molar-refractivity contribution < 1.29 is 17.5 Å². The molecule has 0 aliphatic rings. The molecule has 102 valence electrons. The number of ether oxygens (including phenoxy) is 1. The van der Waals surface area contributed by atoms with E-state index in [4.69, 9.17) is 10.5 Å². The van der Waals surface area contributed by atoms with Crippen LogP contribution in [0, 0.1) is 5.82 Å². The molecule has 8 heteroatoms. The van der Waals surface area contributed by atoms with Crippen LogP contribution >= 0.6 is 0 Å². The average molecular weight is 277 g/mol. The summed E-state index contributed by atoms with van der Waals surface area (Å²) in [4.78, 5) is 3.30. The van der Waals surface area contributed by atoms with Gasteiger partial charge in [-0.2, -0.15) is 0 Å². The van der Waals surface area contributed by atoms with Crippen LogP contribution < -0.4 is 10.5 Å². The molecule has 0 fully saturated rings. The molecule has 0 saturated carbocycles. The Hall–Kier alpha value is -1.09. The second kappa shape index (κ2) is 7.37. The molecule has 1 aromatic rings. The van der Waals surface area contributed by atoms with E-state index >= 15 is 0 Å². The molecule has 1 aromatic heterocycles. The van der Waals surface area contributed by atoms with Crippen LogP contribution in [0.15, 0.2) is 23.4 Å². The molecule has 6 nitrogen and oxygen atoms in total. The van der Waals surface area contributed by atoms with Crippen LogP contribution in [0.1, 0.15) is 6.42 Å². The molecule has 0 atom stereocenters. The second-order valence-corrected chi connectivity index (χ2v) is 5.26. The molecule has 0 radical (unpaired) electrons. The zero-order valence-corrected chi connectivity index (χ0v) is 10.6. The quantitative estimate of drug-likeness (QED) is 0.645. The van der Waals surface area contributed by atoms with Gasteiger partial charge in [0.1, 0.15) is 10.7 Å². The molecule has 3 N–H and O–H groups in total. The van der Waals surface area contributed by atoms with E-state index in [1.54, 1.807) is 0 Å². The molecule has 0 unspecified atom stereocenters. The third-order valence-corrected chi connectivity index (χ3v) is 3.44. The van der Waals surface area contributed by atoms with Gasteiger partial charge in [-0.3, -0.25) is 4.98 Å². The van der Waals surface area contributed by atoms with E-state index in [-0.39, 0.29) is 11.4 Å². The zero-order valence-electron chi connectivity index (χ0n) is 9.80. The molecule has 0 bridgehead atoms. The molecule has 0 aliphatic heterocycles. The highest BCUT2D eigenvalue weighted by Gasteiger charge is 2.14. The van der Waals surface area contributed by atoms with Crippen LogP contribution in [-0.4, -0.2) is 39.7 Å². The number of nitrogens with one attached hydrogen (secondary N) is 1.